The summed E-state index contributed by atoms with van der Waals surface area (Å²) in [5.74, 6) is -0.566. The number of pyridine rings is 1. The molecule has 2 amide bonds. The van der Waals surface area contributed by atoms with E-state index in [1.807, 2.05) is 47.4 Å². The third-order valence-corrected chi connectivity index (χ3v) is 7.52. The number of carbonyl (C=O) groups is 2. The van der Waals surface area contributed by atoms with E-state index < -0.39 is 24.7 Å². The minimum atomic E-state index is -4.42. The van der Waals surface area contributed by atoms with E-state index in [1.165, 1.54) is 7.11 Å². The number of aromatic nitrogens is 4. The molecule has 5 aromatic rings. The van der Waals surface area contributed by atoms with Crippen LogP contribution in [0.1, 0.15) is 27.3 Å². The molecule has 0 radical (unpaired) electrons. The van der Waals surface area contributed by atoms with Crippen molar-refractivity contribution in [3.63, 3.8) is 0 Å². The van der Waals surface area contributed by atoms with Crippen molar-refractivity contribution in [1.82, 2.24) is 30.3 Å². The first-order valence-electron chi connectivity index (χ1n) is 14.1. The van der Waals surface area contributed by atoms with Gasteiger partial charge in [0.15, 0.2) is 0 Å². The van der Waals surface area contributed by atoms with Crippen LogP contribution in [0.4, 0.5) is 23.7 Å². The van der Waals surface area contributed by atoms with E-state index in [2.05, 4.69) is 15.7 Å². The summed E-state index contributed by atoms with van der Waals surface area (Å²) in [5, 5.41) is 9.40. The van der Waals surface area contributed by atoms with Gasteiger partial charge in [-0.25, -0.2) is 14.5 Å². The molecular formula is C32H28F3N7O3. The molecule has 0 unspecified atom stereocenters. The number of carbonyl (C=O) groups excluding carboxylic acids is 2. The molecule has 1 N–H and O–H groups in total. The lowest BCUT2D eigenvalue weighted by atomic mass is 9.95. The van der Waals surface area contributed by atoms with Gasteiger partial charge in [-0.1, -0.05) is 71.9 Å². The number of nitrogens with zero attached hydrogens (tertiary/aromatic N) is 6. The van der Waals surface area contributed by atoms with Gasteiger partial charge in [-0.2, -0.15) is 18.2 Å². The lowest BCUT2D eigenvalue weighted by Crippen LogP contribution is -2.47. The van der Waals surface area contributed by atoms with Crippen molar-refractivity contribution in [2.45, 2.75) is 32.2 Å². The summed E-state index contributed by atoms with van der Waals surface area (Å²) in [6.07, 6.45) is -4.91. The van der Waals surface area contributed by atoms with E-state index >= 15 is 0 Å². The Kier molecular flexibility index (Phi) is 8.18. The van der Waals surface area contributed by atoms with Crippen LogP contribution in [0.3, 0.4) is 0 Å². The summed E-state index contributed by atoms with van der Waals surface area (Å²) in [5.41, 5.74) is 6.82. The molecule has 0 aliphatic carbocycles. The number of benzene rings is 3. The quantitative estimate of drug-likeness (QED) is 0.251. The fourth-order valence-electron chi connectivity index (χ4n) is 5.52. The Balaban J connectivity index is 1.44. The molecule has 0 atom stereocenters. The van der Waals surface area contributed by atoms with E-state index in [0.29, 0.717) is 57.8 Å². The van der Waals surface area contributed by atoms with E-state index in [9.17, 15) is 22.8 Å². The highest BCUT2D eigenvalue weighted by Gasteiger charge is 2.33. The summed E-state index contributed by atoms with van der Waals surface area (Å²) in [4.78, 5) is 34.1. The molecular weight excluding hydrogens is 587 g/mol. The van der Waals surface area contributed by atoms with Crippen molar-refractivity contribution < 1.29 is 27.5 Å². The van der Waals surface area contributed by atoms with Gasteiger partial charge in [-0.05, 0) is 18.2 Å². The zero-order valence-corrected chi connectivity index (χ0v) is 24.2. The number of anilines is 1. The maximum absolute atomic E-state index is 14.3. The third kappa shape index (κ3) is 6.34. The Hall–Kier alpha value is -5.30. The lowest BCUT2D eigenvalue weighted by Gasteiger charge is -2.29. The smallest absolute Gasteiger partial charge is 0.433 e. The van der Waals surface area contributed by atoms with Crippen molar-refractivity contribution >= 4 is 28.6 Å². The van der Waals surface area contributed by atoms with Crippen molar-refractivity contribution in [1.29, 1.82) is 0 Å². The number of hydrogen-bond donors (Lipinski definition) is 1. The average molecular weight is 616 g/mol. The van der Waals surface area contributed by atoms with Gasteiger partial charge in [0.2, 0.25) is 0 Å². The Morgan fingerprint density at radius 3 is 2.38 bits per heavy atom. The molecule has 0 bridgehead atoms. The second-order valence-electron chi connectivity index (χ2n) is 10.5. The largest absolute Gasteiger partial charge is 0.451 e. The third-order valence-electron chi connectivity index (χ3n) is 7.52. The molecule has 2 aromatic heterocycles. The predicted octanol–water partition coefficient (Wildman–Crippen LogP) is 5.53. The van der Waals surface area contributed by atoms with Crippen LogP contribution in [0.5, 0.6) is 0 Å². The van der Waals surface area contributed by atoms with Crippen molar-refractivity contribution in [2.24, 2.45) is 0 Å². The first kappa shape index (κ1) is 29.8. The van der Waals surface area contributed by atoms with Crippen LogP contribution in [0.2, 0.25) is 0 Å². The second-order valence-corrected chi connectivity index (χ2v) is 10.5. The number of hydrazine groups is 1. The van der Waals surface area contributed by atoms with E-state index in [4.69, 9.17) is 9.72 Å². The molecule has 3 heterocycles. The zero-order chi connectivity index (χ0) is 31.6. The number of nitrogens with one attached hydrogen (secondary N) is 1. The summed E-state index contributed by atoms with van der Waals surface area (Å²) in [6, 6.07) is 25.2. The first-order chi connectivity index (χ1) is 21.7. The Bertz CT molecular complexity index is 1850. The number of halogens is 3. The topological polar surface area (TPSA) is 105 Å². The SMILES string of the molecule is COC(=O)N(NC(=O)c1c(CN2CCc3c(nnn3CC(F)(F)F)C2)c(-c2ccccc2)nc2ccccc12)c1ccccc1. The van der Waals surface area contributed by atoms with Crippen LogP contribution in [-0.4, -0.2) is 56.7 Å². The van der Waals surface area contributed by atoms with Crippen molar-refractivity contribution in [3.05, 3.63) is 107 Å². The van der Waals surface area contributed by atoms with Crippen LogP contribution in [0.25, 0.3) is 22.2 Å². The zero-order valence-electron chi connectivity index (χ0n) is 24.2. The average Bonchev–Trinajstić information content (AvgIpc) is 3.43. The molecule has 45 heavy (non-hydrogen) atoms. The van der Waals surface area contributed by atoms with Gasteiger partial charge in [0.05, 0.1) is 41.0 Å². The molecule has 0 saturated carbocycles. The van der Waals surface area contributed by atoms with Crippen LogP contribution >= 0.6 is 0 Å². The molecule has 13 heteroatoms. The fourth-order valence-corrected chi connectivity index (χ4v) is 5.52. The molecule has 0 spiro atoms. The molecule has 10 nitrogen and oxygen atoms in total. The van der Waals surface area contributed by atoms with Crippen molar-refractivity contribution in [2.75, 3.05) is 18.7 Å². The van der Waals surface area contributed by atoms with Crippen LogP contribution < -0.4 is 10.4 Å². The highest BCUT2D eigenvalue weighted by atomic mass is 19.4. The van der Waals surface area contributed by atoms with Gasteiger partial charge >= 0.3 is 12.3 Å². The monoisotopic (exact) mass is 615 g/mol. The number of hydrogen-bond acceptors (Lipinski definition) is 7. The van der Waals surface area contributed by atoms with Gasteiger partial charge in [0.1, 0.15) is 6.54 Å². The van der Waals surface area contributed by atoms with Crippen LogP contribution in [0, 0.1) is 0 Å². The second kappa shape index (κ2) is 12.4. The minimum absolute atomic E-state index is 0.222. The van der Waals surface area contributed by atoms with E-state index in [-0.39, 0.29) is 13.1 Å². The van der Waals surface area contributed by atoms with Gasteiger partial charge in [-0.15, -0.1) is 5.10 Å². The summed E-state index contributed by atoms with van der Waals surface area (Å²) >= 11 is 0. The number of amides is 2. The summed E-state index contributed by atoms with van der Waals surface area (Å²) < 4.78 is 45.2. The molecule has 3 aromatic carbocycles. The number of para-hydroxylation sites is 2. The minimum Gasteiger partial charge on any atom is -0.451 e. The Morgan fingerprint density at radius 2 is 1.67 bits per heavy atom. The molecule has 0 saturated heterocycles. The summed E-state index contributed by atoms with van der Waals surface area (Å²) in [6.45, 7) is -0.350. The molecule has 230 valence electrons. The number of alkyl halides is 3. The standard InChI is InChI=1S/C32H28F3N7O3/c1-45-31(44)42(22-12-6-3-7-13-22)38-30(43)28-23-14-8-9-15-25(23)36-29(21-10-4-2-5-11-21)24(28)18-40-17-16-27-26(19-40)37-39-41(27)20-32(33,34)35/h2-15H,16-20H2,1H3,(H,38,43). The van der Waals surface area contributed by atoms with Gasteiger partial charge in [0.25, 0.3) is 5.91 Å². The molecule has 0 fully saturated rings. The molecule has 1 aliphatic heterocycles. The number of ether oxygens (including phenoxy) is 1. The Labute approximate surface area is 256 Å². The highest BCUT2D eigenvalue weighted by molar-refractivity contribution is 6.10. The van der Waals surface area contributed by atoms with Crippen LogP contribution in [0.15, 0.2) is 84.9 Å². The Morgan fingerprint density at radius 1 is 0.978 bits per heavy atom. The first-order valence-corrected chi connectivity index (χ1v) is 14.1. The van der Waals surface area contributed by atoms with Gasteiger partial charge in [0, 0.05) is 42.6 Å². The van der Waals surface area contributed by atoms with Gasteiger partial charge in [-0.3, -0.25) is 15.1 Å². The highest BCUT2D eigenvalue weighted by Crippen LogP contribution is 2.33. The van der Waals surface area contributed by atoms with Crippen molar-refractivity contribution in [3.8, 4) is 11.3 Å². The van der Waals surface area contributed by atoms with E-state index in [0.717, 1.165) is 15.3 Å². The lowest BCUT2D eigenvalue weighted by molar-refractivity contribution is -0.143. The van der Waals surface area contributed by atoms with Gasteiger partial charge < -0.3 is 4.74 Å². The van der Waals surface area contributed by atoms with Crippen LogP contribution in [-0.2, 0) is 30.8 Å². The number of fused-ring (bicyclic) bond motifs is 2. The van der Waals surface area contributed by atoms with E-state index in [1.54, 1.807) is 42.5 Å². The predicted molar refractivity (Wildman–Crippen MR) is 160 cm³/mol. The molecule has 1 aliphatic rings. The fraction of sp³-hybridized carbons (Fsp3) is 0.219. The summed E-state index contributed by atoms with van der Waals surface area (Å²) in [7, 11) is 1.22. The normalized spacial score (nSPS) is 13.3. The maximum atomic E-state index is 14.3. The number of rotatable bonds is 6. The molecule has 6 rings (SSSR count). The maximum Gasteiger partial charge on any atom is 0.433 e. The number of methoxy groups -OCH3 is 1.